The van der Waals surface area contributed by atoms with Crippen LogP contribution in [0.25, 0.3) is 0 Å². The van der Waals surface area contributed by atoms with Crippen molar-refractivity contribution in [3.63, 3.8) is 0 Å². The smallest absolute Gasteiger partial charge is 0.0599 e. The molecule has 1 rings (SSSR count). The molecule has 0 spiro atoms. The predicted molar refractivity (Wildman–Crippen MR) is 46.6 cm³/mol. The Balaban J connectivity index is 2.39. The molecule has 1 aliphatic rings. The highest BCUT2D eigenvalue weighted by Gasteiger charge is 2.31. The highest BCUT2D eigenvalue weighted by Crippen LogP contribution is 2.36. The van der Waals surface area contributed by atoms with Crippen molar-refractivity contribution in [1.29, 1.82) is 0 Å². The van der Waals surface area contributed by atoms with E-state index in [9.17, 15) is 0 Å². The minimum Gasteiger partial charge on any atom is -0.0599 e. The maximum atomic E-state index is 2.38. The molecule has 0 amide bonds. The zero-order valence-corrected chi connectivity index (χ0v) is 10.2. The van der Waals surface area contributed by atoms with Crippen LogP contribution in [0.5, 0.6) is 0 Å². The van der Waals surface area contributed by atoms with Crippen LogP contribution in [0.4, 0.5) is 0 Å². The summed E-state index contributed by atoms with van der Waals surface area (Å²) in [7, 11) is 0. The van der Waals surface area contributed by atoms with E-state index in [0.29, 0.717) is 5.41 Å². The molecular formula is C10H20I+. The van der Waals surface area contributed by atoms with Gasteiger partial charge in [0, 0.05) is 0 Å². The average Bonchev–Trinajstić information content (AvgIpc) is 1.86. The van der Waals surface area contributed by atoms with Crippen molar-refractivity contribution in [3.05, 3.63) is 0 Å². The van der Waals surface area contributed by atoms with Crippen LogP contribution < -0.4 is 22.6 Å². The van der Waals surface area contributed by atoms with E-state index in [1.807, 2.05) is 0 Å². The highest BCUT2D eigenvalue weighted by atomic mass is 127. The zero-order chi connectivity index (χ0) is 8.48. The van der Waals surface area contributed by atoms with E-state index >= 15 is 0 Å². The summed E-state index contributed by atoms with van der Waals surface area (Å²) in [6.45, 7) is 7.15. The van der Waals surface area contributed by atoms with Gasteiger partial charge >= 0.3 is 0 Å². The van der Waals surface area contributed by atoms with Crippen molar-refractivity contribution in [1.82, 2.24) is 0 Å². The molecule has 66 valence electrons. The second-order valence-electron chi connectivity index (χ2n) is 4.84. The molecular weight excluding hydrogens is 247 g/mol. The van der Waals surface area contributed by atoms with Gasteiger partial charge in [0.2, 0.25) is 0 Å². The minimum atomic E-state index is 0.557. The quantitative estimate of drug-likeness (QED) is 0.424. The summed E-state index contributed by atoms with van der Waals surface area (Å²) in [5.74, 6) is 0.987. The molecule has 0 N–H and O–H groups in total. The maximum Gasteiger partial charge on any atom is 0.255 e. The number of halogens is 1. The number of alkyl halides is 1. The number of hydrogen-bond donors (Lipinski definition) is 0. The molecule has 0 heterocycles. The summed E-state index contributed by atoms with van der Waals surface area (Å²) in [5, 5.41) is 0. The molecule has 0 atom stereocenters. The second kappa shape index (κ2) is 3.63. The van der Waals surface area contributed by atoms with E-state index in [2.05, 4.69) is 43.4 Å². The van der Waals surface area contributed by atoms with E-state index in [1.54, 1.807) is 0 Å². The van der Waals surface area contributed by atoms with Crippen LogP contribution in [0.3, 0.4) is 0 Å². The third kappa shape index (κ3) is 2.92. The van der Waals surface area contributed by atoms with Crippen LogP contribution in [0.1, 0.15) is 46.5 Å². The first-order valence-corrected chi connectivity index (χ1v) is 6.00. The molecule has 0 bridgehead atoms. The number of rotatable bonds is 0. The lowest BCUT2D eigenvalue weighted by Gasteiger charge is -2.33. The molecule has 0 radical (unpaired) electrons. The highest BCUT2D eigenvalue weighted by molar-refractivity contribution is 4.79. The summed E-state index contributed by atoms with van der Waals surface area (Å²) in [5.41, 5.74) is 0.557. The fourth-order valence-electron chi connectivity index (χ4n) is 1.93. The maximum absolute atomic E-state index is 2.38. The third-order valence-electron chi connectivity index (χ3n) is 2.90. The van der Waals surface area contributed by atoms with Crippen LogP contribution in [0.2, 0.25) is 0 Å². The fourth-order valence-corrected chi connectivity index (χ4v) is 2.71. The fraction of sp³-hybridized carbons (Fsp3) is 1.00. The molecule has 0 aromatic carbocycles. The Morgan fingerprint density at radius 1 is 1.00 bits per heavy atom. The van der Waals surface area contributed by atoms with Gasteiger partial charge in [0.1, 0.15) is 0 Å². The van der Waals surface area contributed by atoms with Gasteiger partial charge in [-0.3, -0.25) is 0 Å². The van der Waals surface area contributed by atoms with Crippen LogP contribution in [-0.2, 0) is 0 Å². The predicted octanol–water partition coefficient (Wildman–Crippen LogP) is -0.123. The zero-order valence-electron chi connectivity index (χ0n) is 7.89. The molecule has 11 heavy (non-hydrogen) atoms. The molecule has 0 saturated heterocycles. The Morgan fingerprint density at radius 3 is 1.82 bits per heavy atom. The molecule has 1 saturated carbocycles. The Kier molecular flexibility index (Phi) is 3.24. The molecule has 0 nitrogen and oxygen atoms in total. The average molecular weight is 267 g/mol. The van der Waals surface area contributed by atoms with Crippen molar-refractivity contribution < 1.29 is 22.6 Å². The molecule has 1 fully saturated rings. The molecule has 0 aromatic heterocycles. The van der Waals surface area contributed by atoms with E-state index < -0.39 is 0 Å². The molecule has 1 aliphatic carbocycles. The van der Waals surface area contributed by atoms with Crippen LogP contribution >= 0.6 is 0 Å². The summed E-state index contributed by atoms with van der Waals surface area (Å²) < 4.78 is 1.00. The Bertz CT molecular complexity index is 115. The van der Waals surface area contributed by atoms with E-state index in [1.165, 1.54) is 25.7 Å². The van der Waals surface area contributed by atoms with Gasteiger partial charge in [-0.25, -0.2) is 0 Å². The first kappa shape index (κ1) is 9.82. The lowest BCUT2D eigenvalue weighted by atomic mass is 9.72. The first-order valence-electron chi connectivity index (χ1n) is 4.66. The third-order valence-corrected chi connectivity index (χ3v) is 4.24. The van der Waals surface area contributed by atoms with Gasteiger partial charge in [-0.15, -0.1) is 0 Å². The van der Waals surface area contributed by atoms with Crippen molar-refractivity contribution >= 4 is 0 Å². The topological polar surface area (TPSA) is 0 Å². The molecule has 0 aromatic rings. The summed E-state index contributed by atoms with van der Waals surface area (Å²) >= 11 is 2.32. The van der Waals surface area contributed by atoms with Crippen molar-refractivity contribution in [3.8, 4) is 0 Å². The van der Waals surface area contributed by atoms with E-state index in [0.717, 1.165) is 9.84 Å². The van der Waals surface area contributed by atoms with Gasteiger partial charge in [-0.1, -0.05) is 20.8 Å². The largest absolute Gasteiger partial charge is 0.255 e. The first-order chi connectivity index (χ1) is 5.00. The van der Waals surface area contributed by atoms with Gasteiger partial charge < -0.3 is 0 Å². The minimum absolute atomic E-state index is 0.557. The van der Waals surface area contributed by atoms with Crippen molar-refractivity contribution in [2.45, 2.75) is 50.4 Å². The Labute approximate surface area is 84.3 Å². The molecule has 1 heteroatoms. The Morgan fingerprint density at radius 2 is 1.45 bits per heavy atom. The van der Waals surface area contributed by atoms with Crippen LogP contribution in [-0.4, -0.2) is 3.92 Å². The van der Waals surface area contributed by atoms with Crippen LogP contribution in [0, 0.1) is 11.3 Å². The Hall–Kier alpha value is 0.730. The van der Waals surface area contributed by atoms with E-state index in [-0.39, 0.29) is 0 Å². The van der Waals surface area contributed by atoms with Gasteiger partial charge in [0.25, 0.3) is 22.6 Å². The van der Waals surface area contributed by atoms with Crippen molar-refractivity contribution in [2.75, 3.05) is 0 Å². The van der Waals surface area contributed by atoms with Crippen molar-refractivity contribution in [2.24, 2.45) is 11.3 Å². The second-order valence-corrected chi connectivity index (χ2v) is 6.74. The lowest BCUT2D eigenvalue weighted by Crippen LogP contribution is -3.39. The summed E-state index contributed by atoms with van der Waals surface area (Å²) in [6.07, 6.45) is 5.86. The normalized spacial score (nSPS) is 33.8. The van der Waals surface area contributed by atoms with Gasteiger partial charge in [0.15, 0.2) is 3.92 Å². The summed E-state index contributed by atoms with van der Waals surface area (Å²) in [4.78, 5) is 0. The SMILES string of the molecule is CC(C)(C)C1CCC([IH+])CC1. The molecule has 0 unspecified atom stereocenters. The summed E-state index contributed by atoms with van der Waals surface area (Å²) in [6, 6.07) is 0. The van der Waals surface area contributed by atoms with Gasteiger partial charge in [-0.2, -0.15) is 0 Å². The van der Waals surface area contributed by atoms with Crippen LogP contribution in [0.15, 0.2) is 0 Å². The van der Waals surface area contributed by atoms with Gasteiger partial charge in [0.05, 0.1) is 0 Å². The molecule has 0 aliphatic heterocycles. The van der Waals surface area contributed by atoms with Gasteiger partial charge in [-0.05, 0) is 37.0 Å². The number of hydrogen-bond acceptors (Lipinski definition) is 0. The standard InChI is InChI=1S/C10H20I/c1-10(2,3)8-4-6-9(11)7-5-8/h8-9,11H,4-7H2,1-3H3/q+1. The van der Waals surface area contributed by atoms with E-state index in [4.69, 9.17) is 0 Å². The monoisotopic (exact) mass is 267 g/mol. The lowest BCUT2D eigenvalue weighted by molar-refractivity contribution is -0.427.